The molecule has 1 unspecified atom stereocenters. The number of hydrogen-bond donors (Lipinski definition) is 2. The van der Waals surface area contributed by atoms with Gasteiger partial charge < -0.3 is 15.5 Å². The van der Waals surface area contributed by atoms with Crippen LogP contribution in [0.3, 0.4) is 0 Å². The summed E-state index contributed by atoms with van der Waals surface area (Å²) in [5, 5.41) is 7.22. The summed E-state index contributed by atoms with van der Waals surface area (Å²) in [6.45, 7) is 10.4. The Bertz CT molecular complexity index is 580. The van der Waals surface area contributed by atoms with E-state index < -0.39 is 0 Å². The average Bonchev–Trinajstić information content (AvgIpc) is 2.74. The topological polar surface area (TPSA) is 42.9 Å². The van der Waals surface area contributed by atoms with E-state index in [2.05, 4.69) is 62.7 Å². The van der Waals surface area contributed by atoms with Gasteiger partial charge in [-0.1, -0.05) is 37.3 Å². The summed E-state index contributed by atoms with van der Waals surface area (Å²) < 4.78 is 0. The lowest BCUT2D eigenvalue weighted by molar-refractivity contribution is 0.186. The second-order valence-electron chi connectivity index (χ2n) is 8.37. The number of likely N-dealkylation sites (tertiary alicyclic amines) is 2. The van der Waals surface area contributed by atoms with Crippen molar-refractivity contribution in [1.82, 2.24) is 20.4 Å². The molecule has 2 saturated heterocycles. The molecule has 1 aromatic rings. The maximum Gasteiger partial charge on any atom is 0.191 e. The molecule has 2 aliphatic heterocycles. The van der Waals surface area contributed by atoms with Gasteiger partial charge in [0.15, 0.2) is 5.96 Å². The van der Waals surface area contributed by atoms with E-state index in [4.69, 9.17) is 0 Å². The highest BCUT2D eigenvalue weighted by atomic mass is 15.2. The van der Waals surface area contributed by atoms with Gasteiger partial charge in [0.25, 0.3) is 0 Å². The summed E-state index contributed by atoms with van der Waals surface area (Å²) in [5.41, 5.74) is 1.40. The van der Waals surface area contributed by atoms with Crippen LogP contribution in [-0.2, 0) is 6.54 Å². The zero-order valence-electron chi connectivity index (χ0n) is 17.9. The number of piperidine rings is 2. The smallest absolute Gasteiger partial charge is 0.191 e. The van der Waals surface area contributed by atoms with E-state index in [1.165, 1.54) is 63.8 Å². The number of nitrogens with zero attached hydrogens (tertiary/aromatic N) is 3. The lowest BCUT2D eigenvalue weighted by Gasteiger charge is -2.34. The molecule has 2 aliphatic rings. The lowest BCUT2D eigenvalue weighted by Crippen LogP contribution is -2.51. The predicted octanol–water partition coefficient (Wildman–Crippen LogP) is 2.94. The fourth-order valence-corrected chi connectivity index (χ4v) is 4.53. The van der Waals surface area contributed by atoms with E-state index in [0.717, 1.165) is 31.5 Å². The molecule has 28 heavy (non-hydrogen) atoms. The number of nitrogens with one attached hydrogen (secondary N) is 2. The van der Waals surface area contributed by atoms with E-state index in [9.17, 15) is 0 Å². The first-order chi connectivity index (χ1) is 13.8. The standard InChI is InChI=1S/C23H39N5/c1-3-27-16-12-20(13-17-27)11-14-25-23(24-2)26-22-10-7-15-28(19-22)18-21-8-5-4-6-9-21/h4-6,8-9,20,22H,3,7,10-19H2,1-2H3,(H2,24,25,26). The van der Waals surface area contributed by atoms with Crippen LogP contribution in [-0.4, -0.2) is 68.1 Å². The van der Waals surface area contributed by atoms with Crippen LogP contribution in [0.1, 0.15) is 44.6 Å². The van der Waals surface area contributed by atoms with Gasteiger partial charge >= 0.3 is 0 Å². The number of benzene rings is 1. The highest BCUT2D eigenvalue weighted by Crippen LogP contribution is 2.19. The van der Waals surface area contributed by atoms with Gasteiger partial charge in [0, 0.05) is 32.7 Å². The van der Waals surface area contributed by atoms with Crippen molar-refractivity contribution < 1.29 is 0 Å². The highest BCUT2D eigenvalue weighted by Gasteiger charge is 2.21. The Hall–Kier alpha value is -1.59. The van der Waals surface area contributed by atoms with Gasteiger partial charge in [-0.2, -0.15) is 0 Å². The molecule has 0 spiro atoms. The average molecular weight is 386 g/mol. The zero-order valence-corrected chi connectivity index (χ0v) is 17.9. The van der Waals surface area contributed by atoms with Gasteiger partial charge in [0.05, 0.1) is 0 Å². The monoisotopic (exact) mass is 385 g/mol. The van der Waals surface area contributed by atoms with Crippen LogP contribution in [0.25, 0.3) is 0 Å². The van der Waals surface area contributed by atoms with Crippen LogP contribution in [0.5, 0.6) is 0 Å². The Kier molecular flexibility index (Phi) is 8.62. The minimum atomic E-state index is 0.483. The highest BCUT2D eigenvalue weighted by molar-refractivity contribution is 5.79. The van der Waals surface area contributed by atoms with Crippen LogP contribution in [0.4, 0.5) is 0 Å². The Labute approximate surface area is 171 Å². The van der Waals surface area contributed by atoms with Crippen LogP contribution >= 0.6 is 0 Å². The first-order valence-electron chi connectivity index (χ1n) is 11.2. The van der Waals surface area contributed by atoms with E-state index in [1.807, 2.05) is 7.05 Å². The minimum absolute atomic E-state index is 0.483. The Morgan fingerprint density at radius 2 is 1.86 bits per heavy atom. The number of rotatable bonds is 7. The van der Waals surface area contributed by atoms with Gasteiger partial charge in [0.2, 0.25) is 0 Å². The Balaban J connectivity index is 1.37. The summed E-state index contributed by atoms with van der Waals surface area (Å²) in [5.74, 6) is 1.84. The van der Waals surface area contributed by atoms with Gasteiger partial charge in [-0.3, -0.25) is 9.89 Å². The van der Waals surface area contributed by atoms with Crippen molar-refractivity contribution in [2.45, 2.75) is 51.6 Å². The molecule has 1 aromatic carbocycles. The summed E-state index contributed by atoms with van der Waals surface area (Å²) in [6, 6.07) is 11.3. The summed E-state index contributed by atoms with van der Waals surface area (Å²) in [4.78, 5) is 9.59. The van der Waals surface area contributed by atoms with Gasteiger partial charge in [-0.15, -0.1) is 0 Å². The number of guanidine groups is 1. The molecule has 2 N–H and O–H groups in total. The molecule has 0 radical (unpaired) electrons. The number of hydrogen-bond acceptors (Lipinski definition) is 3. The molecule has 1 atom stereocenters. The van der Waals surface area contributed by atoms with Crippen molar-refractivity contribution in [2.75, 3.05) is 46.3 Å². The first kappa shape index (κ1) is 21.1. The molecule has 2 fully saturated rings. The van der Waals surface area contributed by atoms with Gasteiger partial charge in [-0.25, -0.2) is 0 Å². The van der Waals surface area contributed by atoms with Crippen LogP contribution in [0.2, 0.25) is 0 Å². The van der Waals surface area contributed by atoms with Crippen molar-refractivity contribution in [2.24, 2.45) is 10.9 Å². The normalized spacial score (nSPS) is 22.9. The van der Waals surface area contributed by atoms with Crippen molar-refractivity contribution in [3.05, 3.63) is 35.9 Å². The van der Waals surface area contributed by atoms with E-state index in [1.54, 1.807) is 0 Å². The molecule has 2 heterocycles. The van der Waals surface area contributed by atoms with E-state index in [-0.39, 0.29) is 0 Å². The van der Waals surface area contributed by atoms with Crippen molar-refractivity contribution >= 4 is 5.96 Å². The van der Waals surface area contributed by atoms with Crippen LogP contribution in [0.15, 0.2) is 35.3 Å². The fourth-order valence-electron chi connectivity index (χ4n) is 4.53. The zero-order chi connectivity index (χ0) is 19.6. The fraction of sp³-hybridized carbons (Fsp3) is 0.696. The summed E-state index contributed by atoms with van der Waals surface area (Å²) in [7, 11) is 1.89. The molecular weight excluding hydrogens is 346 g/mol. The molecule has 3 rings (SSSR count). The molecule has 0 aromatic heterocycles. The number of aliphatic imine (C=N–C) groups is 1. The maximum absolute atomic E-state index is 4.47. The van der Waals surface area contributed by atoms with Crippen molar-refractivity contribution in [1.29, 1.82) is 0 Å². The SMILES string of the molecule is CCN1CCC(CCNC(=NC)NC2CCCN(Cc3ccccc3)C2)CC1. The molecule has 0 aliphatic carbocycles. The lowest BCUT2D eigenvalue weighted by atomic mass is 9.93. The molecular formula is C23H39N5. The third kappa shape index (κ3) is 6.78. The molecule has 5 nitrogen and oxygen atoms in total. The quantitative estimate of drug-likeness (QED) is 0.559. The molecule has 0 saturated carbocycles. The summed E-state index contributed by atoms with van der Waals surface area (Å²) >= 11 is 0. The minimum Gasteiger partial charge on any atom is -0.356 e. The largest absolute Gasteiger partial charge is 0.356 e. The van der Waals surface area contributed by atoms with Gasteiger partial charge in [0.1, 0.15) is 0 Å². The predicted molar refractivity (Wildman–Crippen MR) is 119 cm³/mol. The molecule has 0 bridgehead atoms. The summed E-state index contributed by atoms with van der Waals surface area (Å²) in [6.07, 6.45) is 6.42. The maximum atomic E-state index is 4.47. The third-order valence-electron chi connectivity index (χ3n) is 6.32. The molecule has 5 heteroatoms. The van der Waals surface area contributed by atoms with Crippen molar-refractivity contribution in [3.8, 4) is 0 Å². The van der Waals surface area contributed by atoms with E-state index in [0.29, 0.717) is 6.04 Å². The molecule has 0 amide bonds. The second-order valence-corrected chi connectivity index (χ2v) is 8.37. The third-order valence-corrected chi connectivity index (χ3v) is 6.32. The van der Waals surface area contributed by atoms with E-state index >= 15 is 0 Å². The van der Waals surface area contributed by atoms with Gasteiger partial charge in [-0.05, 0) is 69.8 Å². The Morgan fingerprint density at radius 1 is 1.07 bits per heavy atom. The Morgan fingerprint density at radius 3 is 2.57 bits per heavy atom. The van der Waals surface area contributed by atoms with Crippen LogP contribution in [0, 0.1) is 5.92 Å². The van der Waals surface area contributed by atoms with Crippen molar-refractivity contribution in [3.63, 3.8) is 0 Å². The van der Waals surface area contributed by atoms with Crippen LogP contribution < -0.4 is 10.6 Å². The second kappa shape index (κ2) is 11.4. The molecule has 156 valence electrons. The first-order valence-corrected chi connectivity index (χ1v) is 11.2.